The minimum Gasteiger partial charge on any atom is -0.338 e. The van der Waals surface area contributed by atoms with E-state index in [1.165, 1.54) is 0 Å². The van der Waals surface area contributed by atoms with Crippen LogP contribution in [0.2, 0.25) is 5.02 Å². The Bertz CT molecular complexity index is 974. The minimum atomic E-state index is -3.53. The van der Waals surface area contributed by atoms with Crippen LogP contribution in [0.1, 0.15) is 11.5 Å². The molecular formula is C16H13BrClN3O3S. The van der Waals surface area contributed by atoms with Gasteiger partial charge < -0.3 is 4.52 Å². The van der Waals surface area contributed by atoms with Gasteiger partial charge >= 0.3 is 0 Å². The summed E-state index contributed by atoms with van der Waals surface area (Å²) in [6, 6.07) is 14.1. The van der Waals surface area contributed by atoms with Gasteiger partial charge in [-0.1, -0.05) is 44.8 Å². The Morgan fingerprint density at radius 3 is 2.64 bits per heavy atom. The van der Waals surface area contributed by atoms with Gasteiger partial charge in [0.05, 0.1) is 12.3 Å². The van der Waals surface area contributed by atoms with Crippen molar-refractivity contribution in [3.8, 4) is 11.4 Å². The smallest absolute Gasteiger partial charge is 0.242 e. The maximum absolute atomic E-state index is 12.2. The van der Waals surface area contributed by atoms with Crippen molar-refractivity contribution < 1.29 is 12.9 Å². The number of nitrogens with one attached hydrogen (secondary N) is 1. The van der Waals surface area contributed by atoms with Crippen LogP contribution in [-0.2, 0) is 22.3 Å². The molecule has 1 heterocycles. The van der Waals surface area contributed by atoms with E-state index in [0.717, 1.165) is 10.0 Å². The summed E-state index contributed by atoms with van der Waals surface area (Å²) in [5.74, 6) is 0.422. The van der Waals surface area contributed by atoms with Crippen LogP contribution in [0.25, 0.3) is 11.4 Å². The van der Waals surface area contributed by atoms with Crippen LogP contribution < -0.4 is 4.72 Å². The van der Waals surface area contributed by atoms with Crippen molar-refractivity contribution in [2.75, 3.05) is 0 Å². The molecule has 3 rings (SSSR count). The molecule has 9 heteroatoms. The zero-order valence-electron chi connectivity index (χ0n) is 12.8. The molecule has 0 amide bonds. The largest absolute Gasteiger partial charge is 0.338 e. The first-order chi connectivity index (χ1) is 11.9. The first kappa shape index (κ1) is 18.1. The minimum absolute atomic E-state index is 0.0725. The number of aromatic nitrogens is 2. The van der Waals surface area contributed by atoms with Gasteiger partial charge in [-0.3, -0.25) is 0 Å². The van der Waals surface area contributed by atoms with E-state index in [1.807, 2.05) is 6.07 Å². The van der Waals surface area contributed by atoms with Crippen LogP contribution >= 0.6 is 27.5 Å². The Morgan fingerprint density at radius 1 is 1.16 bits per heavy atom. The van der Waals surface area contributed by atoms with Gasteiger partial charge in [-0.15, -0.1) is 0 Å². The number of benzene rings is 2. The van der Waals surface area contributed by atoms with Gasteiger partial charge in [0.25, 0.3) is 0 Å². The van der Waals surface area contributed by atoms with E-state index in [2.05, 4.69) is 30.8 Å². The Labute approximate surface area is 158 Å². The monoisotopic (exact) mass is 441 g/mol. The van der Waals surface area contributed by atoms with Crippen molar-refractivity contribution in [1.29, 1.82) is 0 Å². The Kier molecular flexibility index (Phi) is 5.53. The number of nitrogens with zero attached hydrogens (tertiary/aromatic N) is 2. The van der Waals surface area contributed by atoms with E-state index in [-0.39, 0.29) is 18.2 Å². The summed E-state index contributed by atoms with van der Waals surface area (Å²) in [5.41, 5.74) is 1.41. The van der Waals surface area contributed by atoms with E-state index in [9.17, 15) is 8.42 Å². The van der Waals surface area contributed by atoms with Gasteiger partial charge in [0.2, 0.25) is 21.7 Å². The highest BCUT2D eigenvalue weighted by Crippen LogP contribution is 2.19. The Morgan fingerprint density at radius 2 is 1.92 bits per heavy atom. The molecule has 0 saturated heterocycles. The first-order valence-electron chi connectivity index (χ1n) is 7.22. The molecule has 1 N–H and O–H groups in total. The van der Waals surface area contributed by atoms with Crippen LogP contribution in [-0.4, -0.2) is 18.6 Å². The second-order valence-corrected chi connectivity index (χ2v) is 8.39. The second kappa shape index (κ2) is 7.65. The quantitative estimate of drug-likeness (QED) is 0.628. The third-order valence-electron chi connectivity index (χ3n) is 3.26. The zero-order valence-corrected chi connectivity index (χ0v) is 16.0. The predicted octanol–water partition coefficient (Wildman–Crippen LogP) is 3.77. The first-order valence-corrected chi connectivity index (χ1v) is 10.0. The Balaban J connectivity index is 1.64. The number of hydrogen-bond acceptors (Lipinski definition) is 5. The molecule has 0 bridgehead atoms. The molecule has 1 aromatic heterocycles. The maximum atomic E-state index is 12.2. The van der Waals surface area contributed by atoms with Crippen molar-refractivity contribution >= 4 is 37.6 Å². The van der Waals surface area contributed by atoms with E-state index in [4.69, 9.17) is 16.1 Å². The second-order valence-electron chi connectivity index (χ2n) is 5.23. The molecule has 3 aromatic rings. The molecular weight excluding hydrogens is 430 g/mol. The third-order valence-corrected chi connectivity index (χ3v) is 5.30. The standard InChI is InChI=1S/C16H13BrClN3O3S/c17-13-3-1-2-11(8-13)10-25(22,23)19-9-15-20-16(21-24-15)12-4-6-14(18)7-5-12/h1-8,19H,9-10H2. The highest BCUT2D eigenvalue weighted by Gasteiger charge is 2.15. The topological polar surface area (TPSA) is 85.1 Å². The van der Waals surface area contributed by atoms with Gasteiger partial charge in [-0.2, -0.15) is 4.98 Å². The zero-order chi connectivity index (χ0) is 17.9. The summed E-state index contributed by atoms with van der Waals surface area (Å²) in [6.45, 7) is -0.0725. The average Bonchev–Trinajstić information content (AvgIpc) is 3.02. The Hall–Kier alpha value is -1.74. The SMILES string of the molecule is O=S(=O)(Cc1cccc(Br)c1)NCc1nc(-c2ccc(Cl)cc2)no1. The molecule has 0 saturated carbocycles. The van der Waals surface area contributed by atoms with Crippen molar-refractivity contribution in [1.82, 2.24) is 14.9 Å². The van der Waals surface area contributed by atoms with Crippen molar-refractivity contribution in [2.24, 2.45) is 0 Å². The summed E-state index contributed by atoms with van der Waals surface area (Å²) in [5, 5.41) is 4.45. The van der Waals surface area contributed by atoms with Crippen LogP contribution in [0, 0.1) is 0 Å². The van der Waals surface area contributed by atoms with Gasteiger partial charge in [0, 0.05) is 15.1 Å². The highest BCUT2D eigenvalue weighted by atomic mass is 79.9. The molecule has 0 aliphatic rings. The average molecular weight is 443 g/mol. The maximum Gasteiger partial charge on any atom is 0.242 e. The molecule has 0 atom stereocenters. The molecule has 0 spiro atoms. The van der Waals surface area contributed by atoms with Gasteiger partial charge in [-0.25, -0.2) is 13.1 Å². The lowest BCUT2D eigenvalue weighted by molar-refractivity contribution is 0.376. The lowest BCUT2D eigenvalue weighted by atomic mass is 10.2. The molecule has 0 radical (unpaired) electrons. The summed E-state index contributed by atoms with van der Waals surface area (Å²) in [4.78, 5) is 4.18. The van der Waals surface area contributed by atoms with Gasteiger partial charge in [0.15, 0.2) is 0 Å². The van der Waals surface area contributed by atoms with Crippen molar-refractivity contribution in [3.63, 3.8) is 0 Å². The number of hydrogen-bond donors (Lipinski definition) is 1. The lowest BCUT2D eigenvalue weighted by Gasteiger charge is -2.05. The summed E-state index contributed by atoms with van der Waals surface area (Å²) < 4.78 is 32.7. The van der Waals surface area contributed by atoms with E-state index >= 15 is 0 Å². The molecule has 2 aromatic carbocycles. The fourth-order valence-electron chi connectivity index (χ4n) is 2.11. The van der Waals surface area contributed by atoms with E-state index in [0.29, 0.717) is 16.4 Å². The molecule has 0 aliphatic carbocycles. The van der Waals surface area contributed by atoms with Crippen LogP contribution in [0.5, 0.6) is 0 Å². The normalized spacial score (nSPS) is 11.6. The number of rotatable bonds is 6. The molecule has 6 nitrogen and oxygen atoms in total. The molecule has 25 heavy (non-hydrogen) atoms. The number of sulfonamides is 1. The van der Waals surface area contributed by atoms with Crippen LogP contribution in [0.3, 0.4) is 0 Å². The fourth-order valence-corrected chi connectivity index (χ4v) is 3.75. The third kappa shape index (κ3) is 5.12. The fraction of sp³-hybridized carbons (Fsp3) is 0.125. The summed E-state index contributed by atoms with van der Waals surface area (Å²) in [6.07, 6.45) is 0. The van der Waals surface area contributed by atoms with Gasteiger partial charge in [-0.05, 0) is 42.0 Å². The van der Waals surface area contributed by atoms with Crippen LogP contribution in [0.15, 0.2) is 57.5 Å². The van der Waals surface area contributed by atoms with Gasteiger partial charge in [0.1, 0.15) is 0 Å². The summed E-state index contributed by atoms with van der Waals surface area (Å²) in [7, 11) is -3.53. The van der Waals surface area contributed by atoms with E-state index in [1.54, 1.807) is 42.5 Å². The molecule has 130 valence electrons. The summed E-state index contributed by atoms with van der Waals surface area (Å²) >= 11 is 9.15. The van der Waals surface area contributed by atoms with Crippen molar-refractivity contribution in [2.45, 2.75) is 12.3 Å². The predicted molar refractivity (Wildman–Crippen MR) is 98.3 cm³/mol. The molecule has 0 unspecified atom stereocenters. The molecule has 0 aliphatic heterocycles. The van der Waals surface area contributed by atoms with E-state index < -0.39 is 10.0 Å². The number of halogens is 2. The van der Waals surface area contributed by atoms with Crippen molar-refractivity contribution in [3.05, 3.63) is 69.5 Å². The highest BCUT2D eigenvalue weighted by molar-refractivity contribution is 9.10. The lowest BCUT2D eigenvalue weighted by Crippen LogP contribution is -2.24. The molecule has 0 fully saturated rings. The van der Waals surface area contributed by atoms with Crippen LogP contribution in [0.4, 0.5) is 0 Å².